The summed E-state index contributed by atoms with van der Waals surface area (Å²) in [4.78, 5) is -2.25. The third kappa shape index (κ3) is 7.33. The van der Waals surface area contributed by atoms with Crippen LogP contribution in [-0.2, 0) is 36.8 Å². The van der Waals surface area contributed by atoms with Gasteiger partial charge in [0, 0.05) is 16.2 Å². The smallest absolute Gasteiger partial charge is 0.296 e. The molecule has 0 saturated carbocycles. The molecule has 0 bridgehead atoms. The number of hydrogen-bond donors (Lipinski definition) is 5. The van der Waals surface area contributed by atoms with Gasteiger partial charge < -0.3 is 10.8 Å². The van der Waals surface area contributed by atoms with Gasteiger partial charge in [0.2, 0.25) is 0 Å². The summed E-state index contributed by atoms with van der Waals surface area (Å²) in [6, 6.07) is 16.4. The maximum Gasteiger partial charge on any atom is 0.296 e. The van der Waals surface area contributed by atoms with Crippen LogP contribution in [0.25, 0.3) is 21.5 Å². The Bertz CT molecular complexity index is 2480. The maximum atomic E-state index is 12.3. The van der Waals surface area contributed by atoms with Crippen LogP contribution in [0.4, 0.5) is 28.4 Å². The van der Waals surface area contributed by atoms with Gasteiger partial charge in [-0.15, -0.1) is 15.3 Å². The fourth-order valence-corrected chi connectivity index (χ4v) is 6.66. The molecule has 5 aromatic carbocycles. The van der Waals surface area contributed by atoms with Gasteiger partial charge in [-0.05, 0) is 78.4 Å². The average molecular weight is 714 g/mol. The summed E-state index contributed by atoms with van der Waals surface area (Å²) in [6.45, 7) is 2.10. The number of hydrogen-bond acceptors (Lipinski definition) is 12. The first-order chi connectivity index (χ1) is 22.5. The summed E-state index contributed by atoms with van der Waals surface area (Å²) < 4.78 is 101. The largest absolute Gasteiger partial charge is 0.505 e. The minimum atomic E-state index is -5.12. The number of azo groups is 2. The van der Waals surface area contributed by atoms with Crippen molar-refractivity contribution in [3.8, 4) is 5.75 Å². The average Bonchev–Trinajstić information content (AvgIpc) is 3.01. The first-order valence-electron chi connectivity index (χ1n) is 14.0. The molecule has 0 amide bonds. The van der Waals surface area contributed by atoms with E-state index in [4.69, 9.17) is 5.73 Å². The number of aryl methyl sites for hydroxylation is 1. The van der Waals surface area contributed by atoms with Crippen LogP contribution >= 0.6 is 0 Å². The lowest BCUT2D eigenvalue weighted by Gasteiger charge is -2.11. The molecule has 0 radical (unpaired) electrons. The SMILES string of the molecule is CCCCc1ccc(N=Nc2ccc(N=Nc3c(S(=O)(=O)O)cc4cc(S(=O)(=O)O)c(N)cc4c3O)c3cc(S(=O)(=O)O)ccc23)cc1. The minimum absolute atomic E-state index is 0.0725. The quantitative estimate of drug-likeness (QED) is 0.0549. The number of nitrogen functional groups attached to an aromatic ring is 1. The summed E-state index contributed by atoms with van der Waals surface area (Å²) in [6.07, 6.45) is 3.03. The Morgan fingerprint density at radius 2 is 1.25 bits per heavy atom. The second-order valence-corrected chi connectivity index (χ2v) is 14.8. The molecule has 15 nitrogen and oxygen atoms in total. The number of nitrogens with zero attached hydrogens (tertiary/aromatic N) is 4. The van der Waals surface area contributed by atoms with Gasteiger partial charge in [0.25, 0.3) is 30.4 Å². The summed E-state index contributed by atoms with van der Waals surface area (Å²) >= 11 is 0. The Morgan fingerprint density at radius 3 is 1.85 bits per heavy atom. The highest BCUT2D eigenvalue weighted by molar-refractivity contribution is 7.86. The molecule has 0 unspecified atom stereocenters. The topological polar surface area (TPSA) is 259 Å². The molecular formula is C30H27N5O10S3. The van der Waals surface area contributed by atoms with Crippen LogP contribution in [0, 0.1) is 0 Å². The van der Waals surface area contributed by atoms with Crippen molar-refractivity contribution in [3.63, 3.8) is 0 Å². The number of unbranched alkanes of at least 4 members (excludes halogenated alkanes) is 1. The summed E-state index contributed by atoms with van der Waals surface area (Å²) in [5.41, 5.74) is 6.39. The normalized spacial score (nSPS) is 12.9. The molecule has 5 aromatic rings. The molecule has 5 rings (SSSR count). The Labute approximate surface area is 274 Å². The van der Waals surface area contributed by atoms with E-state index in [-0.39, 0.29) is 27.5 Å². The van der Waals surface area contributed by atoms with Crippen LogP contribution in [0.1, 0.15) is 25.3 Å². The zero-order chi connectivity index (χ0) is 35.0. The molecule has 0 aliphatic rings. The van der Waals surface area contributed by atoms with Gasteiger partial charge in [-0.25, -0.2) is 0 Å². The number of phenolic OH excluding ortho intramolecular Hbond substituents is 1. The second kappa shape index (κ2) is 13.0. The van der Waals surface area contributed by atoms with E-state index in [2.05, 4.69) is 27.4 Å². The van der Waals surface area contributed by atoms with Gasteiger partial charge in [0.15, 0.2) is 5.75 Å². The van der Waals surface area contributed by atoms with E-state index in [1.807, 2.05) is 12.1 Å². The molecule has 18 heteroatoms. The van der Waals surface area contributed by atoms with Gasteiger partial charge >= 0.3 is 0 Å². The third-order valence-electron chi connectivity index (χ3n) is 7.26. The van der Waals surface area contributed by atoms with Gasteiger partial charge in [-0.2, -0.15) is 30.4 Å². The molecule has 0 fully saturated rings. The van der Waals surface area contributed by atoms with Crippen LogP contribution in [0.2, 0.25) is 0 Å². The van der Waals surface area contributed by atoms with Crippen molar-refractivity contribution in [2.45, 2.75) is 40.9 Å². The van der Waals surface area contributed by atoms with Crippen LogP contribution in [0.3, 0.4) is 0 Å². The van der Waals surface area contributed by atoms with Gasteiger partial charge in [0.05, 0.1) is 27.6 Å². The van der Waals surface area contributed by atoms with E-state index in [0.717, 1.165) is 55.2 Å². The molecular weight excluding hydrogens is 687 g/mol. The standard InChI is InChI=1S/C30H27N5O10S3/c1-2-3-4-17-5-7-19(8-6-17)32-33-25-11-12-26(23-15-20(46(37,38)39)9-10-21(23)25)34-35-29-28(48(43,44)45)14-18-13-27(47(40,41)42)24(31)16-22(18)30(29)36/h5-16,36H,2-4,31H2,1H3,(H,37,38,39)(H,40,41,42)(H,43,44,45). The second-order valence-electron chi connectivity index (χ2n) is 10.6. The van der Waals surface area contributed by atoms with Crippen molar-refractivity contribution in [1.29, 1.82) is 0 Å². The number of anilines is 1. The van der Waals surface area contributed by atoms with Crippen molar-refractivity contribution in [1.82, 2.24) is 0 Å². The van der Waals surface area contributed by atoms with E-state index < -0.39 is 62.2 Å². The predicted octanol–water partition coefficient (Wildman–Crippen LogP) is 7.19. The van der Waals surface area contributed by atoms with E-state index in [0.29, 0.717) is 11.1 Å². The van der Waals surface area contributed by atoms with Crippen LogP contribution in [0.5, 0.6) is 5.75 Å². The fraction of sp³-hybridized carbons (Fsp3) is 0.133. The van der Waals surface area contributed by atoms with Crippen LogP contribution in [0.15, 0.2) is 108 Å². The molecule has 0 atom stereocenters. The van der Waals surface area contributed by atoms with Crippen molar-refractivity contribution < 1.29 is 44.0 Å². The minimum Gasteiger partial charge on any atom is -0.505 e. The molecule has 48 heavy (non-hydrogen) atoms. The first kappa shape index (κ1) is 34.5. The van der Waals surface area contributed by atoms with Crippen molar-refractivity contribution in [3.05, 3.63) is 78.4 Å². The zero-order valence-corrected chi connectivity index (χ0v) is 27.3. The van der Waals surface area contributed by atoms with Crippen molar-refractivity contribution in [2.75, 3.05) is 5.73 Å². The molecule has 0 saturated heterocycles. The molecule has 6 N–H and O–H groups in total. The Balaban J connectivity index is 1.65. The Kier molecular flexibility index (Phi) is 9.33. The number of fused-ring (bicyclic) bond motifs is 2. The number of aromatic hydroxyl groups is 1. The Morgan fingerprint density at radius 1 is 0.646 bits per heavy atom. The molecule has 0 aromatic heterocycles. The van der Waals surface area contributed by atoms with Gasteiger partial charge in [-0.3, -0.25) is 13.7 Å². The van der Waals surface area contributed by atoms with Crippen LogP contribution < -0.4 is 5.73 Å². The summed E-state index contributed by atoms with van der Waals surface area (Å²) in [5.74, 6) is -0.869. The number of phenols is 1. The summed E-state index contributed by atoms with van der Waals surface area (Å²) in [7, 11) is -14.6. The van der Waals surface area contributed by atoms with Crippen LogP contribution in [-0.4, -0.2) is 44.0 Å². The predicted molar refractivity (Wildman–Crippen MR) is 177 cm³/mol. The summed E-state index contributed by atoms with van der Waals surface area (Å²) in [5, 5.41) is 27.4. The van der Waals surface area contributed by atoms with E-state index in [1.54, 1.807) is 12.1 Å². The monoisotopic (exact) mass is 713 g/mol. The van der Waals surface area contributed by atoms with E-state index >= 15 is 0 Å². The molecule has 250 valence electrons. The molecule has 0 heterocycles. The lowest BCUT2D eigenvalue weighted by Crippen LogP contribution is -2.04. The first-order valence-corrected chi connectivity index (χ1v) is 18.3. The third-order valence-corrected chi connectivity index (χ3v) is 9.89. The molecule has 0 aliphatic carbocycles. The highest BCUT2D eigenvalue weighted by Gasteiger charge is 2.25. The molecule has 0 spiro atoms. The lowest BCUT2D eigenvalue weighted by molar-refractivity contribution is 0.472. The highest BCUT2D eigenvalue weighted by atomic mass is 32.2. The number of nitrogens with two attached hydrogens (primary N) is 1. The highest BCUT2D eigenvalue weighted by Crippen LogP contribution is 2.44. The lowest BCUT2D eigenvalue weighted by atomic mass is 10.1. The van der Waals surface area contributed by atoms with Crippen molar-refractivity contribution >= 4 is 80.3 Å². The maximum absolute atomic E-state index is 12.3. The number of rotatable bonds is 10. The molecule has 0 aliphatic heterocycles. The zero-order valence-electron chi connectivity index (χ0n) is 24.9. The fourth-order valence-electron chi connectivity index (χ4n) is 4.86. The van der Waals surface area contributed by atoms with E-state index in [1.165, 1.54) is 18.2 Å². The Hall–Kier alpha value is -4.85. The van der Waals surface area contributed by atoms with Crippen molar-refractivity contribution in [2.24, 2.45) is 20.5 Å². The number of benzene rings is 5. The van der Waals surface area contributed by atoms with E-state index in [9.17, 15) is 44.0 Å². The van der Waals surface area contributed by atoms with Gasteiger partial charge in [-0.1, -0.05) is 31.5 Å². The van der Waals surface area contributed by atoms with Gasteiger partial charge in [0.1, 0.15) is 15.5 Å².